The molecular weight excluding hydrogens is 404 g/mol. The fourth-order valence-electron chi connectivity index (χ4n) is 3.65. The first kappa shape index (κ1) is 26.4. The molecule has 0 spiro atoms. The van der Waals surface area contributed by atoms with Crippen molar-refractivity contribution in [1.29, 1.82) is 0 Å². The highest BCUT2D eigenvalue weighted by molar-refractivity contribution is 5.46. The van der Waals surface area contributed by atoms with E-state index in [0.717, 1.165) is 35.7 Å². The standard InChI is InChI=1S/C31H40O2/c1-3-4-5-6-7-8-9-10-11-12-13-16-27-33-31-25-21-29(22-26-31)18-15-14-17-28-19-23-30(32-2)24-20-28/h19-26H,3-13,16,27H2,1-2H3. The van der Waals surface area contributed by atoms with Crippen molar-refractivity contribution in [3.05, 3.63) is 59.7 Å². The third kappa shape index (κ3) is 12.7. The van der Waals surface area contributed by atoms with Gasteiger partial charge >= 0.3 is 0 Å². The Morgan fingerprint density at radius 2 is 0.970 bits per heavy atom. The Hall–Kier alpha value is -2.84. The molecule has 0 bridgehead atoms. The van der Waals surface area contributed by atoms with Crippen LogP contribution in [0, 0.1) is 23.7 Å². The Morgan fingerprint density at radius 1 is 0.545 bits per heavy atom. The van der Waals surface area contributed by atoms with E-state index in [-0.39, 0.29) is 0 Å². The summed E-state index contributed by atoms with van der Waals surface area (Å²) in [6.45, 7) is 3.07. The minimum absolute atomic E-state index is 0.787. The van der Waals surface area contributed by atoms with E-state index in [1.165, 1.54) is 70.6 Å². The van der Waals surface area contributed by atoms with E-state index in [9.17, 15) is 0 Å². The molecule has 2 rings (SSSR count). The summed E-state index contributed by atoms with van der Waals surface area (Å²) in [6.07, 6.45) is 16.3. The topological polar surface area (TPSA) is 18.5 Å². The van der Waals surface area contributed by atoms with Crippen molar-refractivity contribution in [2.75, 3.05) is 13.7 Å². The van der Waals surface area contributed by atoms with E-state index in [1.54, 1.807) is 7.11 Å². The Balaban J connectivity index is 1.53. The molecule has 0 saturated heterocycles. The number of ether oxygens (including phenoxy) is 2. The molecule has 2 aromatic carbocycles. The van der Waals surface area contributed by atoms with Gasteiger partial charge in [-0.05, 0) is 66.8 Å². The van der Waals surface area contributed by atoms with Crippen LogP contribution >= 0.6 is 0 Å². The van der Waals surface area contributed by atoms with Crippen LogP contribution in [-0.2, 0) is 0 Å². The third-order valence-corrected chi connectivity index (χ3v) is 5.69. The van der Waals surface area contributed by atoms with E-state index >= 15 is 0 Å². The zero-order chi connectivity index (χ0) is 23.4. The maximum Gasteiger partial charge on any atom is 0.119 e. The summed E-state index contributed by atoms with van der Waals surface area (Å²) in [4.78, 5) is 0. The van der Waals surface area contributed by atoms with Crippen molar-refractivity contribution in [1.82, 2.24) is 0 Å². The molecule has 0 fully saturated rings. The lowest BCUT2D eigenvalue weighted by Gasteiger charge is -2.06. The SMILES string of the molecule is CCCCCCCCCCCCCCOc1ccc(C#CC#Cc2ccc(OC)cc2)cc1. The van der Waals surface area contributed by atoms with Gasteiger partial charge in [-0.1, -0.05) is 89.4 Å². The molecule has 0 aliphatic heterocycles. The quantitative estimate of drug-likeness (QED) is 0.204. The average Bonchev–Trinajstić information content (AvgIpc) is 2.86. The minimum atomic E-state index is 0.787. The summed E-state index contributed by atoms with van der Waals surface area (Å²) in [6, 6.07) is 15.6. The predicted molar refractivity (Wildman–Crippen MR) is 140 cm³/mol. The maximum atomic E-state index is 5.87. The Bertz CT molecular complexity index is 873. The van der Waals surface area contributed by atoms with Gasteiger partial charge in [-0.3, -0.25) is 0 Å². The summed E-state index contributed by atoms with van der Waals surface area (Å²) in [7, 11) is 1.65. The predicted octanol–water partition coefficient (Wildman–Crippen LogP) is 8.18. The molecule has 0 atom stereocenters. The minimum Gasteiger partial charge on any atom is -0.497 e. The number of methoxy groups -OCH3 is 1. The van der Waals surface area contributed by atoms with Crippen molar-refractivity contribution in [3.63, 3.8) is 0 Å². The summed E-state index contributed by atoms with van der Waals surface area (Å²) < 4.78 is 11.0. The van der Waals surface area contributed by atoms with Crippen LogP contribution in [0.25, 0.3) is 0 Å². The van der Waals surface area contributed by atoms with Crippen LogP contribution in [0.5, 0.6) is 11.5 Å². The van der Waals surface area contributed by atoms with Gasteiger partial charge < -0.3 is 9.47 Å². The molecular formula is C31H40O2. The van der Waals surface area contributed by atoms with Crippen molar-refractivity contribution in [2.45, 2.75) is 84.0 Å². The highest BCUT2D eigenvalue weighted by Crippen LogP contribution is 2.14. The van der Waals surface area contributed by atoms with Crippen LogP contribution in [0.4, 0.5) is 0 Å². The smallest absolute Gasteiger partial charge is 0.119 e. The number of unbranched alkanes of at least 4 members (excludes halogenated alkanes) is 11. The molecule has 0 aliphatic carbocycles. The van der Waals surface area contributed by atoms with Crippen LogP contribution in [0.15, 0.2) is 48.5 Å². The first-order chi connectivity index (χ1) is 16.3. The van der Waals surface area contributed by atoms with E-state index in [4.69, 9.17) is 9.47 Å². The fraction of sp³-hybridized carbons (Fsp3) is 0.484. The number of rotatable bonds is 15. The van der Waals surface area contributed by atoms with Gasteiger partial charge in [0.15, 0.2) is 0 Å². The largest absolute Gasteiger partial charge is 0.497 e. The van der Waals surface area contributed by atoms with Crippen LogP contribution in [0.2, 0.25) is 0 Å². The van der Waals surface area contributed by atoms with Gasteiger partial charge in [0.1, 0.15) is 11.5 Å². The lowest BCUT2D eigenvalue weighted by molar-refractivity contribution is 0.304. The van der Waals surface area contributed by atoms with Crippen LogP contribution in [0.3, 0.4) is 0 Å². The Kier molecular flexibility index (Phi) is 14.2. The van der Waals surface area contributed by atoms with E-state index in [2.05, 4.69) is 30.6 Å². The lowest BCUT2D eigenvalue weighted by atomic mass is 10.1. The lowest BCUT2D eigenvalue weighted by Crippen LogP contribution is -1.97. The van der Waals surface area contributed by atoms with Crippen LogP contribution < -0.4 is 9.47 Å². The second-order valence-corrected chi connectivity index (χ2v) is 8.49. The molecule has 0 unspecified atom stereocenters. The Morgan fingerprint density at radius 3 is 1.42 bits per heavy atom. The van der Waals surface area contributed by atoms with E-state index < -0.39 is 0 Å². The molecule has 2 nitrogen and oxygen atoms in total. The molecule has 33 heavy (non-hydrogen) atoms. The van der Waals surface area contributed by atoms with Crippen LogP contribution in [-0.4, -0.2) is 13.7 Å². The van der Waals surface area contributed by atoms with Crippen molar-refractivity contribution >= 4 is 0 Å². The fourth-order valence-corrected chi connectivity index (χ4v) is 3.65. The number of hydrogen-bond acceptors (Lipinski definition) is 2. The van der Waals surface area contributed by atoms with E-state index in [1.807, 2.05) is 48.5 Å². The van der Waals surface area contributed by atoms with Crippen molar-refractivity contribution in [2.24, 2.45) is 0 Å². The molecule has 0 N–H and O–H groups in total. The normalized spacial score (nSPS) is 10.0. The van der Waals surface area contributed by atoms with Crippen LogP contribution in [0.1, 0.15) is 95.1 Å². The highest BCUT2D eigenvalue weighted by atomic mass is 16.5. The molecule has 2 heteroatoms. The first-order valence-corrected chi connectivity index (χ1v) is 12.7. The molecule has 0 aliphatic rings. The molecule has 0 radical (unpaired) electrons. The average molecular weight is 445 g/mol. The maximum absolute atomic E-state index is 5.87. The molecule has 176 valence electrons. The molecule has 0 heterocycles. The zero-order valence-corrected chi connectivity index (χ0v) is 20.6. The Labute approximate surface area is 202 Å². The second kappa shape index (κ2) is 17.7. The van der Waals surface area contributed by atoms with Gasteiger partial charge in [0.25, 0.3) is 0 Å². The van der Waals surface area contributed by atoms with Gasteiger partial charge in [0.05, 0.1) is 13.7 Å². The summed E-state index contributed by atoms with van der Waals surface area (Å²) in [5.41, 5.74) is 1.86. The van der Waals surface area contributed by atoms with Crippen molar-refractivity contribution < 1.29 is 9.47 Å². The molecule has 0 aromatic heterocycles. The molecule has 0 saturated carbocycles. The third-order valence-electron chi connectivity index (χ3n) is 5.69. The van der Waals surface area contributed by atoms with Gasteiger partial charge in [-0.2, -0.15) is 0 Å². The second-order valence-electron chi connectivity index (χ2n) is 8.49. The number of benzene rings is 2. The van der Waals surface area contributed by atoms with Crippen molar-refractivity contribution in [3.8, 4) is 35.2 Å². The number of hydrogen-bond donors (Lipinski definition) is 0. The van der Waals surface area contributed by atoms with Gasteiger partial charge in [0, 0.05) is 11.1 Å². The molecule has 2 aromatic rings. The van der Waals surface area contributed by atoms with E-state index in [0.29, 0.717) is 0 Å². The first-order valence-electron chi connectivity index (χ1n) is 12.7. The monoisotopic (exact) mass is 444 g/mol. The van der Waals surface area contributed by atoms with Gasteiger partial charge in [0.2, 0.25) is 0 Å². The summed E-state index contributed by atoms with van der Waals surface area (Å²) in [5.74, 6) is 13.7. The highest BCUT2D eigenvalue weighted by Gasteiger charge is 1.96. The molecule has 0 amide bonds. The van der Waals surface area contributed by atoms with Gasteiger partial charge in [-0.25, -0.2) is 0 Å². The van der Waals surface area contributed by atoms with Gasteiger partial charge in [-0.15, -0.1) is 0 Å². The summed E-state index contributed by atoms with van der Waals surface area (Å²) >= 11 is 0. The summed E-state index contributed by atoms with van der Waals surface area (Å²) in [5, 5.41) is 0. The zero-order valence-electron chi connectivity index (χ0n) is 20.6.